The van der Waals surface area contributed by atoms with Crippen LogP contribution in [0.5, 0.6) is 0 Å². The lowest BCUT2D eigenvalue weighted by Gasteiger charge is -2.17. The first-order valence-corrected chi connectivity index (χ1v) is 13.6. The Labute approximate surface area is 197 Å². The number of imidazole rings is 1. The van der Waals surface area contributed by atoms with Crippen molar-refractivity contribution in [1.29, 1.82) is 0 Å². The van der Waals surface area contributed by atoms with Gasteiger partial charge in [0.1, 0.15) is 24.0 Å². The van der Waals surface area contributed by atoms with E-state index in [1.54, 1.807) is 11.8 Å². The van der Waals surface area contributed by atoms with Gasteiger partial charge in [-0.25, -0.2) is 14.2 Å². The summed E-state index contributed by atoms with van der Waals surface area (Å²) in [5, 5.41) is 4.12. The number of benzene rings is 1. The zero-order chi connectivity index (χ0) is 22.7. The summed E-state index contributed by atoms with van der Waals surface area (Å²) in [5.74, 6) is 1.41. The number of aliphatic imine (C=N–C) groups is 1. The van der Waals surface area contributed by atoms with Crippen LogP contribution in [0.25, 0.3) is 0 Å². The predicted octanol–water partition coefficient (Wildman–Crippen LogP) is 4.34. The average Bonchev–Trinajstić information content (AvgIpc) is 3.37. The van der Waals surface area contributed by atoms with Gasteiger partial charge in [-0.1, -0.05) is 38.1 Å². The Morgan fingerprint density at radius 1 is 1.28 bits per heavy atom. The Kier molecular flexibility index (Phi) is 7.58. The van der Waals surface area contributed by atoms with Crippen molar-refractivity contribution in [2.75, 3.05) is 12.0 Å². The van der Waals surface area contributed by atoms with Crippen LogP contribution < -0.4 is 11.1 Å². The number of anilines is 1. The van der Waals surface area contributed by atoms with Gasteiger partial charge in [0.05, 0.1) is 5.25 Å². The Bertz CT molecular complexity index is 1030. The summed E-state index contributed by atoms with van der Waals surface area (Å²) in [7, 11) is 0. The second-order valence-corrected chi connectivity index (χ2v) is 10.7. The lowest BCUT2D eigenvalue weighted by atomic mass is 10.0. The fourth-order valence-corrected chi connectivity index (χ4v) is 6.38. The van der Waals surface area contributed by atoms with E-state index in [1.165, 1.54) is 34.4 Å². The van der Waals surface area contributed by atoms with Gasteiger partial charge in [-0.15, -0.1) is 0 Å². The molecule has 32 heavy (non-hydrogen) atoms. The fraction of sp³-hybridized carbons (Fsp3) is 0.565. The Balaban J connectivity index is 1.57. The summed E-state index contributed by atoms with van der Waals surface area (Å²) in [6.45, 7) is 5.41. The number of hydrogen-bond acceptors (Lipinski definition) is 6. The van der Waals surface area contributed by atoms with Gasteiger partial charge >= 0.3 is 0 Å². The third kappa shape index (κ3) is 4.89. The van der Waals surface area contributed by atoms with E-state index in [-0.39, 0.29) is 5.25 Å². The number of nitrogens with zero attached hydrogens (tertiary/aromatic N) is 3. The average molecular weight is 476 g/mol. The van der Waals surface area contributed by atoms with E-state index in [2.05, 4.69) is 33.9 Å². The number of amidine groups is 1. The molecule has 7 nitrogen and oxygen atoms in total. The first-order chi connectivity index (χ1) is 15.5. The fourth-order valence-electron chi connectivity index (χ4n) is 4.56. The molecule has 1 aliphatic carbocycles. The van der Waals surface area contributed by atoms with Crippen LogP contribution in [0.15, 0.2) is 27.2 Å². The standard InChI is InChI=1S/C23H33N5O2S2/c1-3-15-12-16-8-7-9-17(16)13-19(15)31-23-27-20-21(24)25-14-26-22(20)28(23)11-6-5-10-18(4-2)32(29)30/h12-13,18,26H,3-11,14H2,1-2H3,(H2,24,25)(H,29,30). The van der Waals surface area contributed by atoms with E-state index in [4.69, 9.17) is 10.7 Å². The molecule has 2 aliphatic rings. The van der Waals surface area contributed by atoms with Crippen molar-refractivity contribution in [2.45, 2.75) is 87.1 Å². The summed E-state index contributed by atoms with van der Waals surface area (Å²) in [4.78, 5) is 10.4. The third-order valence-corrected chi connectivity index (χ3v) is 8.66. The van der Waals surface area contributed by atoms with Crippen molar-refractivity contribution >= 4 is 34.5 Å². The van der Waals surface area contributed by atoms with E-state index < -0.39 is 11.1 Å². The smallest absolute Gasteiger partial charge is 0.175 e. The number of unbranched alkanes of at least 4 members (excludes halogenated alkanes) is 1. The van der Waals surface area contributed by atoms with Gasteiger partial charge in [-0.3, -0.25) is 0 Å². The van der Waals surface area contributed by atoms with Gasteiger partial charge in [-0.2, -0.15) is 0 Å². The highest BCUT2D eigenvalue weighted by molar-refractivity contribution is 7.99. The number of rotatable bonds is 10. The number of aromatic nitrogens is 2. The molecule has 0 bridgehead atoms. The maximum atomic E-state index is 11.4. The van der Waals surface area contributed by atoms with E-state index >= 15 is 0 Å². The van der Waals surface area contributed by atoms with Gasteiger partial charge in [-0.05, 0) is 67.7 Å². The maximum absolute atomic E-state index is 11.4. The summed E-state index contributed by atoms with van der Waals surface area (Å²) < 4.78 is 23.1. The molecule has 1 aliphatic heterocycles. The van der Waals surface area contributed by atoms with Gasteiger partial charge in [0, 0.05) is 11.4 Å². The SMILES string of the molecule is CCc1cc2c(cc1Sc1nc3c(n1CCCCC(CC)S(=O)O)NCN=C3N)CCC2. The van der Waals surface area contributed by atoms with Crippen LogP contribution in [-0.4, -0.2) is 36.1 Å². The van der Waals surface area contributed by atoms with Crippen LogP contribution in [0.2, 0.25) is 0 Å². The van der Waals surface area contributed by atoms with Gasteiger partial charge in [0.2, 0.25) is 0 Å². The van der Waals surface area contributed by atoms with Crippen LogP contribution in [-0.2, 0) is 36.9 Å². The summed E-state index contributed by atoms with van der Waals surface area (Å²) >= 11 is -0.0396. The van der Waals surface area contributed by atoms with Crippen LogP contribution in [0.1, 0.15) is 68.3 Å². The molecule has 0 radical (unpaired) electrons. The minimum absolute atomic E-state index is 0.153. The van der Waals surface area contributed by atoms with Crippen molar-refractivity contribution in [3.05, 3.63) is 34.5 Å². The van der Waals surface area contributed by atoms with E-state index in [0.29, 0.717) is 12.5 Å². The molecule has 0 saturated heterocycles. The van der Waals surface area contributed by atoms with Crippen LogP contribution in [0.4, 0.5) is 5.82 Å². The Morgan fingerprint density at radius 2 is 2.06 bits per heavy atom. The van der Waals surface area contributed by atoms with Gasteiger partial charge in [0.15, 0.2) is 16.2 Å². The monoisotopic (exact) mass is 475 g/mol. The molecule has 174 valence electrons. The molecule has 0 amide bonds. The minimum atomic E-state index is -1.75. The molecule has 2 heterocycles. The van der Waals surface area contributed by atoms with Crippen molar-refractivity contribution < 1.29 is 8.76 Å². The van der Waals surface area contributed by atoms with E-state index in [9.17, 15) is 8.76 Å². The molecule has 2 aromatic rings. The number of nitrogens with two attached hydrogens (primary N) is 1. The third-order valence-electron chi connectivity index (χ3n) is 6.43. The highest BCUT2D eigenvalue weighted by Gasteiger charge is 2.24. The molecule has 4 rings (SSSR count). The van der Waals surface area contributed by atoms with E-state index in [1.807, 2.05) is 6.92 Å². The quantitative estimate of drug-likeness (QED) is 0.349. The molecule has 1 aromatic carbocycles. The molecule has 0 saturated carbocycles. The van der Waals surface area contributed by atoms with E-state index in [0.717, 1.165) is 61.7 Å². The lowest BCUT2D eigenvalue weighted by molar-refractivity contribution is 0.511. The largest absolute Gasteiger partial charge is 0.382 e. The molecule has 0 spiro atoms. The Morgan fingerprint density at radius 3 is 2.78 bits per heavy atom. The van der Waals surface area contributed by atoms with Crippen molar-refractivity contribution in [3.8, 4) is 0 Å². The van der Waals surface area contributed by atoms with Gasteiger partial charge < -0.3 is 20.2 Å². The normalized spacial score (nSPS) is 16.8. The number of fused-ring (bicyclic) bond motifs is 2. The molecule has 0 fully saturated rings. The van der Waals surface area contributed by atoms with Gasteiger partial charge in [0.25, 0.3) is 0 Å². The zero-order valence-corrected chi connectivity index (χ0v) is 20.5. The maximum Gasteiger partial charge on any atom is 0.175 e. The number of nitrogens with one attached hydrogen (secondary N) is 1. The molecule has 2 atom stereocenters. The summed E-state index contributed by atoms with van der Waals surface area (Å²) in [5.41, 5.74) is 11.2. The second-order valence-electron chi connectivity index (χ2n) is 8.46. The second kappa shape index (κ2) is 10.4. The predicted molar refractivity (Wildman–Crippen MR) is 132 cm³/mol. The molecule has 4 N–H and O–H groups in total. The van der Waals surface area contributed by atoms with Crippen molar-refractivity contribution in [2.24, 2.45) is 10.7 Å². The molecular weight excluding hydrogens is 442 g/mol. The molecule has 1 aromatic heterocycles. The molecule has 2 unspecified atom stereocenters. The number of hydrogen-bond donors (Lipinski definition) is 3. The highest BCUT2D eigenvalue weighted by Crippen LogP contribution is 2.37. The van der Waals surface area contributed by atoms with Crippen molar-refractivity contribution in [3.63, 3.8) is 0 Å². The minimum Gasteiger partial charge on any atom is -0.382 e. The first-order valence-electron chi connectivity index (χ1n) is 11.6. The van der Waals surface area contributed by atoms with Crippen LogP contribution >= 0.6 is 11.8 Å². The molecular formula is C23H33N5O2S2. The summed E-state index contributed by atoms with van der Waals surface area (Å²) in [6, 6.07) is 4.74. The zero-order valence-electron chi connectivity index (χ0n) is 18.9. The first kappa shape index (κ1) is 23.3. The number of aryl methyl sites for hydroxylation is 3. The Hall–Kier alpha value is -1.84. The van der Waals surface area contributed by atoms with Crippen LogP contribution in [0, 0.1) is 0 Å². The summed E-state index contributed by atoms with van der Waals surface area (Å²) in [6.07, 6.45) is 7.85. The topological polar surface area (TPSA) is 106 Å². The lowest BCUT2D eigenvalue weighted by Crippen LogP contribution is -2.23. The van der Waals surface area contributed by atoms with Crippen LogP contribution in [0.3, 0.4) is 0 Å². The van der Waals surface area contributed by atoms with Crippen molar-refractivity contribution in [1.82, 2.24) is 9.55 Å². The highest BCUT2D eigenvalue weighted by atomic mass is 32.2. The molecule has 9 heteroatoms.